The minimum Gasteiger partial charge on any atom is -0.465 e. The molecule has 1 saturated heterocycles. The molecule has 4 rings (SSSR count). The van der Waals surface area contributed by atoms with E-state index in [1.165, 1.54) is 11.3 Å². The Morgan fingerprint density at radius 3 is 2.30 bits per heavy atom. The van der Waals surface area contributed by atoms with Crippen molar-refractivity contribution in [2.75, 3.05) is 26.2 Å². The number of nitrogens with one attached hydrogen (secondary N) is 2. The van der Waals surface area contributed by atoms with Crippen molar-refractivity contribution in [2.45, 2.75) is 117 Å². The van der Waals surface area contributed by atoms with Crippen molar-refractivity contribution in [3.05, 3.63) is 36.0 Å². The van der Waals surface area contributed by atoms with E-state index in [2.05, 4.69) is 17.4 Å². The maximum atomic E-state index is 13.7. The third-order valence-corrected chi connectivity index (χ3v) is 9.35. The molecule has 2 aliphatic heterocycles. The van der Waals surface area contributed by atoms with Crippen molar-refractivity contribution in [2.24, 2.45) is 17.3 Å². The highest BCUT2D eigenvalue weighted by molar-refractivity contribution is 6.43. The zero-order valence-electron chi connectivity index (χ0n) is 28.8. The summed E-state index contributed by atoms with van der Waals surface area (Å²) in [5, 5.41) is 31.1. The molecule has 5 N–H and O–H groups in total. The fourth-order valence-electron chi connectivity index (χ4n) is 6.37. The van der Waals surface area contributed by atoms with E-state index in [4.69, 9.17) is 14.7 Å². The van der Waals surface area contributed by atoms with E-state index in [1.54, 1.807) is 11.0 Å². The molecule has 12 nitrogen and oxygen atoms in total. The number of alkyl carbamates (subject to hydrolysis) is 1. The lowest BCUT2D eigenvalue weighted by Crippen LogP contribution is -2.56. The number of hydroxylamine groups is 1. The number of carboxylic acid groups (broad SMARTS) is 1. The molecule has 4 aliphatic rings. The second-order valence-electron chi connectivity index (χ2n) is 14.6. The molecule has 2 heterocycles. The van der Waals surface area contributed by atoms with Gasteiger partial charge in [0.1, 0.15) is 6.04 Å². The van der Waals surface area contributed by atoms with Gasteiger partial charge < -0.3 is 35.0 Å². The molecule has 2 saturated carbocycles. The summed E-state index contributed by atoms with van der Waals surface area (Å²) in [5.74, 6) is -0.196. The number of nitrogens with zero attached hydrogens (tertiary/aromatic N) is 2. The van der Waals surface area contributed by atoms with Gasteiger partial charge in [-0.2, -0.15) is 5.48 Å². The summed E-state index contributed by atoms with van der Waals surface area (Å²) in [5.41, 5.74) is 4.86. The average molecular weight is 661 g/mol. The van der Waals surface area contributed by atoms with Crippen LogP contribution in [-0.4, -0.2) is 94.6 Å². The van der Waals surface area contributed by atoms with Crippen molar-refractivity contribution in [3.8, 4) is 0 Å². The van der Waals surface area contributed by atoms with Gasteiger partial charge in [-0.05, 0) is 67.4 Å². The topological polar surface area (TPSA) is 161 Å². The lowest BCUT2D eigenvalue weighted by molar-refractivity contribution is -0.154. The molecular formula is C34H57BN4O8. The molecule has 0 spiro atoms. The van der Waals surface area contributed by atoms with E-state index in [-0.39, 0.29) is 23.8 Å². The molecule has 0 bridgehead atoms. The molecule has 3 amide bonds. The molecule has 47 heavy (non-hydrogen) atoms. The van der Waals surface area contributed by atoms with Crippen LogP contribution in [-0.2, 0) is 14.4 Å². The summed E-state index contributed by atoms with van der Waals surface area (Å²) in [6, 6.07) is -0.647. The molecule has 0 radical (unpaired) electrons. The molecule has 0 aromatic heterocycles. The number of carbonyl (C=O) groups is 3. The number of allylic oxidation sites excluding steroid dienone is 2. The third-order valence-electron chi connectivity index (χ3n) is 9.35. The van der Waals surface area contributed by atoms with Gasteiger partial charge in [0, 0.05) is 19.6 Å². The molecule has 13 heteroatoms. The Morgan fingerprint density at radius 2 is 1.74 bits per heavy atom. The van der Waals surface area contributed by atoms with Gasteiger partial charge >= 0.3 is 19.3 Å². The van der Waals surface area contributed by atoms with Crippen LogP contribution in [0.15, 0.2) is 36.0 Å². The standard InChI is InChI=1S/C24H44BN3O6.C10H13NO2/c1-24(2,3)16-33-23(30)26-21(18-11-5-4-6-12-18)22(29)28-14-8-13-20(28)34-27-19(25(31)32)15-17-9-7-10-17;1-3-4-5-9-7-11(10(12)13)6-8(9)2/h17-21,27,31-32H,4-16H2,1-3H3,(H,26,30);3-5H,1,6-7H2,2H3,(H,12,13)/b;5-4-. The van der Waals surface area contributed by atoms with Gasteiger partial charge in [0.2, 0.25) is 5.91 Å². The maximum absolute atomic E-state index is 13.7. The minimum atomic E-state index is -1.53. The Bertz CT molecular complexity index is 1110. The lowest BCUT2D eigenvalue weighted by Gasteiger charge is -2.35. The highest BCUT2D eigenvalue weighted by atomic mass is 16.7. The zero-order valence-corrected chi connectivity index (χ0v) is 28.8. The molecule has 3 fully saturated rings. The number of hydrogen-bond acceptors (Lipinski definition) is 8. The number of carbonyl (C=O) groups excluding carboxylic acids is 2. The maximum Gasteiger partial charge on any atom is 0.472 e. The van der Waals surface area contributed by atoms with E-state index in [0.29, 0.717) is 38.4 Å². The van der Waals surface area contributed by atoms with E-state index < -0.39 is 37.5 Å². The Balaban J connectivity index is 0.000000386. The quantitative estimate of drug-likeness (QED) is 0.113. The summed E-state index contributed by atoms with van der Waals surface area (Å²) in [6.45, 7) is 13.3. The van der Waals surface area contributed by atoms with Gasteiger partial charge in [-0.3, -0.25) is 9.63 Å². The largest absolute Gasteiger partial charge is 0.472 e. The fourth-order valence-corrected chi connectivity index (χ4v) is 6.37. The van der Waals surface area contributed by atoms with Crippen LogP contribution in [0.3, 0.4) is 0 Å². The highest BCUT2D eigenvalue weighted by Crippen LogP contribution is 2.32. The van der Waals surface area contributed by atoms with Crippen LogP contribution in [0, 0.1) is 17.3 Å². The van der Waals surface area contributed by atoms with E-state index >= 15 is 0 Å². The van der Waals surface area contributed by atoms with Crippen LogP contribution >= 0.6 is 0 Å². The molecule has 3 unspecified atom stereocenters. The van der Waals surface area contributed by atoms with Gasteiger partial charge in [-0.25, -0.2) is 9.59 Å². The average Bonchev–Trinajstić information content (AvgIpc) is 3.63. The van der Waals surface area contributed by atoms with Crippen LogP contribution in [0.5, 0.6) is 0 Å². The zero-order chi connectivity index (χ0) is 34.6. The first kappa shape index (κ1) is 38.6. The molecule has 2 aliphatic carbocycles. The Labute approximate surface area is 280 Å². The molecule has 0 aromatic rings. The van der Waals surface area contributed by atoms with Gasteiger partial charge in [0.15, 0.2) is 6.23 Å². The van der Waals surface area contributed by atoms with Crippen LogP contribution in [0.1, 0.15) is 98.3 Å². The first-order valence-corrected chi connectivity index (χ1v) is 17.3. The summed E-state index contributed by atoms with van der Waals surface area (Å²) in [4.78, 5) is 45.8. The lowest BCUT2D eigenvalue weighted by atomic mass is 9.70. The smallest absolute Gasteiger partial charge is 0.465 e. The van der Waals surface area contributed by atoms with Crippen LogP contribution < -0.4 is 10.8 Å². The van der Waals surface area contributed by atoms with Crippen LogP contribution in [0.4, 0.5) is 9.59 Å². The van der Waals surface area contributed by atoms with Crippen molar-refractivity contribution in [3.63, 3.8) is 0 Å². The predicted octanol–water partition coefficient (Wildman–Crippen LogP) is 4.79. The van der Waals surface area contributed by atoms with Crippen LogP contribution in [0.25, 0.3) is 0 Å². The number of hydrogen-bond donors (Lipinski definition) is 5. The fraction of sp³-hybridized carbons (Fsp3) is 0.735. The predicted molar refractivity (Wildman–Crippen MR) is 181 cm³/mol. The molecular weight excluding hydrogens is 603 g/mol. The normalized spacial score (nSPS) is 22.0. The molecule has 0 aromatic carbocycles. The number of ether oxygens (including phenoxy) is 1. The number of likely N-dealkylation sites (tertiary alicyclic amines) is 1. The Morgan fingerprint density at radius 1 is 1.04 bits per heavy atom. The van der Waals surface area contributed by atoms with Gasteiger partial charge in [0.25, 0.3) is 0 Å². The first-order valence-electron chi connectivity index (χ1n) is 17.3. The highest BCUT2D eigenvalue weighted by Gasteiger charge is 2.40. The summed E-state index contributed by atoms with van der Waals surface area (Å²) < 4.78 is 5.41. The van der Waals surface area contributed by atoms with Gasteiger partial charge in [-0.1, -0.05) is 84.1 Å². The summed E-state index contributed by atoms with van der Waals surface area (Å²) in [7, 11) is -1.53. The van der Waals surface area contributed by atoms with E-state index in [0.717, 1.165) is 62.5 Å². The summed E-state index contributed by atoms with van der Waals surface area (Å²) >= 11 is 0. The van der Waals surface area contributed by atoms with Crippen LogP contribution in [0.2, 0.25) is 0 Å². The van der Waals surface area contributed by atoms with Gasteiger partial charge in [-0.15, -0.1) is 0 Å². The van der Waals surface area contributed by atoms with Gasteiger partial charge in [0.05, 0.1) is 12.5 Å². The second-order valence-corrected chi connectivity index (χ2v) is 14.6. The SMILES string of the molecule is C=C/C=C\C1=C(C)CN(C(=O)O)C1.CC(C)(C)COC(=O)NC(C(=O)N1CCCC1ONC(CC1CCC1)B(O)O)C1CCCCC1. The Kier molecular flexibility index (Phi) is 15.3. The monoisotopic (exact) mass is 660 g/mol. The third kappa shape index (κ3) is 12.6. The minimum absolute atomic E-state index is 0.0725. The van der Waals surface area contributed by atoms with E-state index in [1.807, 2.05) is 39.8 Å². The Hall–Kier alpha value is -2.87. The van der Waals surface area contributed by atoms with Crippen molar-refractivity contribution in [1.29, 1.82) is 0 Å². The number of amides is 3. The van der Waals surface area contributed by atoms with Crippen molar-refractivity contribution in [1.82, 2.24) is 20.6 Å². The number of rotatable bonds is 12. The second kappa shape index (κ2) is 18.6. The van der Waals surface area contributed by atoms with Crippen molar-refractivity contribution < 1.29 is 39.1 Å². The van der Waals surface area contributed by atoms with E-state index in [9.17, 15) is 24.4 Å². The van der Waals surface area contributed by atoms with Crippen molar-refractivity contribution >= 4 is 25.2 Å². The first-order chi connectivity index (χ1) is 22.3. The molecule has 3 atom stereocenters. The molecule has 264 valence electrons. The summed E-state index contributed by atoms with van der Waals surface area (Å²) in [6.07, 6.45) is 14.0.